The first-order valence-corrected chi connectivity index (χ1v) is 1.93. The van der Waals surface area contributed by atoms with Crippen LogP contribution in [-0.2, 0) is 0 Å². The second-order valence-electron chi connectivity index (χ2n) is 0.965. The van der Waals surface area contributed by atoms with Crippen LogP contribution in [-0.4, -0.2) is 13.3 Å². The molecule has 34 valence electrons. The van der Waals surface area contributed by atoms with Crippen LogP contribution < -0.4 is 0 Å². The molecule has 0 amide bonds. The van der Waals surface area contributed by atoms with Crippen molar-refractivity contribution in [2.24, 2.45) is 4.99 Å². The van der Waals surface area contributed by atoms with E-state index in [1.165, 1.54) is 0 Å². The zero-order valence-corrected chi connectivity index (χ0v) is 4.02. The Labute approximate surface area is 38.4 Å². The fourth-order valence-corrected chi connectivity index (χ4v) is 0.180. The monoisotopic (exact) mass is 83.1 g/mol. The maximum atomic E-state index is 3.73. The summed E-state index contributed by atoms with van der Waals surface area (Å²) < 4.78 is 0. The zero-order chi connectivity index (χ0) is 4.83. The van der Waals surface area contributed by atoms with Crippen LogP contribution in [0.1, 0.15) is 6.42 Å². The van der Waals surface area contributed by atoms with Gasteiger partial charge in [0.15, 0.2) is 0 Å². The van der Waals surface area contributed by atoms with E-state index in [2.05, 4.69) is 11.6 Å². The van der Waals surface area contributed by atoms with Gasteiger partial charge in [0.1, 0.15) is 0 Å². The molecule has 0 aromatic heterocycles. The summed E-state index contributed by atoms with van der Waals surface area (Å²) in [4.78, 5) is 3.73. The van der Waals surface area contributed by atoms with Crippen molar-refractivity contribution in [1.29, 1.82) is 0 Å². The van der Waals surface area contributed by atoms with E-state index >= 15 is 0 Å². The van der Waals surface area contributed by atoms with Crippen molar-refractivity contribution >= 4 is 6.21 Å². The molecule has 0 aromatic rings. The summed E-state index contributed by atoms with van der Waals surface area (Å²) in [5, 5.41) is 0. The second-order valence-corrected chi connectivity index (χ2v) is 0.965. The lowest BCUT2D eigenvalue weighted by Gasteiger charge is -1.69. The van der Waals surface area contributed by atoms with Gasteiger partial charge in [-0.1, -0.05) is 6.08 Å². The highest BCUT2D eigenvalue weighted by Crippen LogP contribution is 1.68. The van der Waals surface area contributed by atoms with E-state index in [1.807, 2.05) is 12.3 Å². The minimum atomic E-state index is 0.885. The van der Waals surface area contributed by atoms with Crippen LogP contribution in [0.4, 0.5) is 0 Å². The van der Waals surface area contributed by atoms with Gasteiger partial charge >= 0.3 is 0 Å². The van der Waals surface area contributed by atoms with Gasteiger partial charge in [-0.05, 0) is 6.42 Å². The first kappa shape index (κ1) is 5.41. The molecule has 0 aromatic carbocycles. The van der Waals surface area contributed by atoms with Crippen LogP contribution >= 0.6 is 0 Å². The highest BCUT2D eigenvalue weighted by atomic mass is 14.6. The lowest BCUT2D eigenvalue weighted by molar-refractivity contribution is 1.41. The predicted octanol–water partition coefficient (Wildman–Crippen LogP) is 1.26. The average Bonchev–Trinajstić information content (AvgIpc) is 1.61. The van der Waals surface area contributed by atoms with Crippen LogP contribution in [0.3, 0.4) is 0 Å². The van der Waals surface area contributed by atoms with Crippen LogP contribution in [0.25, 0.3) is 0 Å². The standard InChI is InChI=1S/C5H9N/c1-3-4-5-6-2/h3,5H,1,4H2,2H3. The van der Waals surface area contributed by atoms with E-state index in [-0.39, 0.29) is 0 Å². The summed E-state index contributed by atoms with van der Waals surface area (Å²) in [6, 6.07) is 0. The molecule has 0 N–H and O–H groups in total. The van der Waals surface area contributed by atoms with Crippen LogP contribution in [0.15, 0.2) is 17.6 Å². The Bertz CT molecular complexity index is 55.0. The molecule has 0 saturated heterocycles. The molecule has 0 aliphatic rings. The van der Waals surface area contributed by atoms with Crippen molar-refractivity contribution in [1.82, 2.24) is 0 Å². The Kier molecular flexibility index (Phi) is 3.98. The second kappa shape index (κ2) is 4.41. The van der Waals surface area contributed by atoms with Crippen LogP contribution in [0.5, 0.6) is 0 Å². The van der Waals surface area contributed by atoms with E-state index < -0.39 is 0 Å². The van der Waals surface area contributed by atoms with Gasteiger partial charge in [-0.3, -0.25) is 0 Å². The van der Waals surface area contributed by atoms with Crippen LogP contribution in [0, 0.1) is 0 Å². The Morgan fingerprint density at radius 3 is 2.67 bits per heavy atom. The maximum absolute atomic E-state index is 3.73. The smallest absolute Gasteiger partial charge is 0.0273 e. The van der Waals surface area contributed by atoms with Gasteiger partial charge in [0.2, 0.25) is 0 Å². The van der Waals surface area contributed by atoms with E-state index in [9.17, 15) is 0 Å². The van der Waals surface area contributed by atoms with Crippen molar-refractivity contribution in [3.05, 3.63) is 12.7 Å². The van der Waals surface area contributed by atoms with Gasteiger partial charge < -0.3 is 4.99 Å². The van der Waals surface area contributed by atoms with E-state index in [0.717, 1.165) is 6.42 Å². The molecule has 0 spiro atoms. The van der Waals surface area contributed by atoms with Gasteiger partial charge in [-0.2, -0.15) is 0 Å². The number of hydrogen-bond acceptors (Lipinski definition) is 1. The van der Waals surface area contributed by atoms with Gasteiger partial charge in [-0.25, -0.2) is 0 Å². The normalized spacial score (nSPS) is 9.50. The first-order chi connectivity index (χ1) is 2.91. The Morgan fingerprint density at radius 2 is 2.50 bits per heavy atom. The number of aliphatic imine (C=N–C) groups is 1. The van der Waals surface area contributed by atoms with Gasteiger partial charge in [0, 0.05) is 13.3 Å². The van der Waals surface area contributed by atoms with Crippen molar-refractivity contribution < 1.29 is 0 Å². The summed E-state index contributed by atoms with van der Waals surface area (Å²) in [6.07, 6.45) is 4.51. The molecule has 0 atom stereocenters. The first-order valence-electron chi connectivity index (χ1n) is 1.93. The minimum Gasteiger partial charge on any atom is -0.301 e. The van der Waals surface area contributed by atoms with Gasteiger partial charge in [0.25, 0.3) is 0 Å². The molecular weight excluding hydrogens is 74.1 g/mol. The lowest BCUT2D eigenvalue weighted by atomic mass is 10.5. The molecule has 0 fully saturated rings. The summed E-state index contributed by atoms with van der Waals surface area (Å²) in [7, 11) is 1.75. The quantitative estimate of drug-likeness (QED) is 0.352. The van der Waals surface area contributed by atoms with Crippen molar-refractivity contribution in [3.63, 3.8) is 0 Å². The number of allylic oxidation sites excluding steroid dienone is 1. The summed E-state index contributed by atoms with van der Waals surface area (Å²) in [5.74, 6) is 0. The van der Waals surface area contributed by atoms with E-state index in [1.54, 1.807) is 7.05 Å². The minimum absolute atomic E-state index is 0.885. The van der Waals surface area contributed by atoms with Gasteiger partial charge in [0.05, 0.1) is 0 Å². The summed E-state index contributed by atoms with van der Waals surface area (Å²) >= 11 is 0. The molecule has 0 bridgehead atoms. The summed E-state index contributed by atoms with van der Waals surface area (Å²) in [5.41, 5.74) is 0. The third kappa shape index (κ3) is 3.41. The molecule has 0 saturated carbocycles. The highest BCUT2D eigenvalue weighted by Gasteiger charge is 1.58. The molecule has 0 aliphatic heterocycles. The highest BCUT2D eigenvalue weighted by molar-refractivity contribution is 5.58. The fourth-order valence-electron chi connectivity index (χ4n) is 0.180. The molecule has 1 heteroatoms. The zero-order valence-electron chi connectivity index (χ0n) is 4.02. The number of hydrogen-bond donors (Lipinski definition) is 0. The molecule has 6 heavy (non-hydrogen) atoms. The molecule has 0 aliphatic carbocycles. The molecule has 0 rings (SSSR count). The van der Waals surface area contributed by atoms with E-state index in [0.29, 0.717) is 0 Å². The van der Waals surface area contributed by atoms with Crippen molar-refractivity contribution in [2.45, 2.75) is 6.42 Å². The molecule has 0 unspecified atom stereocenters. The number of nitrogens with zero attached hydrogens (tertiary/aromatic N) is 1. The number of rotatable bonds is 2. The van der Waals surface area contributed by atoms with Crippen molar-refractivity contribution in [2.75, 3.05) is 7.05 Å². The van der Waals surface area contributed by atoms with E-state index in [4.69, 9.17) is 0 Å². The van der Waals surface area contributed by atoms with Crippen molar-refractivity contribution in [3.8, 4) is 0 Å². The fraction of sp³-hybridized carbons (Fsp3) is 0.400. The third-order valence-corrected chi connectivity index (χ3v) is 0.455. The Balaban J connectivity index is 2.85. The van der Waals surface area contributed by atoms with Gasteiger partial charge in [-0.15, -0.1) is 6.58 Å². The Morgan fingerprint density at radius 1 is 1.83 bits per heavy atom. The summed E-state index contributed by atoms with van der Waals surface area (Å²) in [6.45, 7) is 3.51. The third-order valence-electron chi connectivity index (χ3n) is 0.455. The van der Waals surface area contributed by atoms with Crippen LogP contribution in [0.2, 0.25) is 0 Å². The molecule has 1 nitrogen and oxygen atoms in total. The SMILES string of the molecule is C=CCC=NC. The molecular formula is C5H9N. The predicted molar refractivity (Wildman–Crippen MR) is 29.2 cm³/mol. The molecule has 0 heterocycles. The maximum Gasteiger partial charge on any atom is 0.0273 e. The average molecular weight is 83.1 g/mol. The Hall–Kier alpha value is -0.590. The topological polar surface area (TPSA) is 12.4 Å². The molecule has 0 radical (unpaired) electrons. The lowest BCUT2D eigenvalue weighted by Crippen LogP contribution is -1.63. The largest absolute Gasteiger partial charge is 0.301 e.